The Morgan fingerprint density at radius 1 is 1.16 bits per heavy atom. The molecule has 0 saturated heterocycles. The van der Waals surface area contributed by atoms with Crippen LogP contribution in [0.2, 0.25) is 0 Å². The topological polar surface area (TPSA) is 24.9 Å². The highest BCUT2D eigenvalue weighted by Gasteiger charge is 2.19. The van der Waals surface area contributed by atoms with Crippen molar-refractivity contribution in [2.75, 3.05) is 5.32 Å². The van der Waals surface area contributed by atoms with Crippen molar-refractivity contribution in [2.45, 2.75) is 45.1 Å². The Kier molecular flexibility index (Phi) is 3.67. The Hall–Kier alpha value is -1.57. The van der Waals surface area contributed by atoms with Gasteiger partial charge in [0, 0.05) is 23.3 Å². The summed E-state index contributed by atoms with van der Waals surface area (Å²) in [7, 11) is 0. The molecule has 1 heterocycles. The van der Waals surface area contributed by atoms with Crippen LogP contribution < -0.4 is 5.32 Å². The van der Waals surface area contributed by atoms with Crippen LogP contribution in [-0.4, -0.2) is 11.0 Å². The van der Waals surface area contributed by atoms with Crippen LogP contribution in [0.5, 0.6) is 0 Å². The van der Waals surface area contributed by atoms with Gasteiger partial charge in [-0.25, -0.2) is 0 Å². The fourth-order valence-electron chi connectivity index (χ4n) is 3.12. The monoisotopic (exact) mass is 254 g/mol. The molecular formula is C17H22N2. The van der Waals surface area contributed by atoms with Crippen molar-refractivity contribution < 1.29 is 0 Å². The Morgan fingerprint density at radius 3 is 2.79 bits per heavy atom. The molecule has 0 atom stereocenters. The first-order chi connectivity index (χ1) is 9.35. The first-order valence-electron chi connectivity index (χ1n) is 7.46. The molecule has 1 N–H and O–H groups in total. The Balaban J connectivity index is 1.68. The molecule has 19 heavy (non-hydrogen) atoms. The van der Waals surface area contributed by atoms with E-state index in [1.165, 1.54) is 43.2 Å². The number of anilines is 1. The fraction of sp³-hybridized carbons (Fsp3) is 0.471. The third-order valence-electron chi connectivity index (χ3n) is 4.40. The van der Waals surface area contributed by atoms with Gasteiger partial charge in [-0.2, -0.15) is 0 Å². The Morgan fingerprint density at radius 2 is 2.00 bits per heavy atom. The number of hydrogen-bond acceptors (Lipinski definition) is 2. The molecule has 0 unspecified atom stereocenters. The molecule has 2 heteroatoms. The predicted molar refractivity (Wildman–Crippen MR) is 81.4 cm³/mol. The fourth-order valence-corrected chi connectivity index (χ4v) is 3.12. The zero-order chi connectivity index (χ0) is 13.1. The summed E-state index contributed by atoms with van der Waals surface area (Å²) >= 11 is 0. The summed E-state index contributed by atoms with van der Waals surface area (Å²) in [6.45, 7) is 2.31. The average molecular weight is 254 g/mol. The molecule has 0 amide bonds. The van der Waals surface area contributed by atoms with E-state index < -0.39 is 0 Å². The average Bonchev–Trinajstić information content (AvgIpc) is 2.48. The van der Waals surface area contributed by atoms with Gasteiger partial charge >= 0.3 is 0 Å². The summed E-state index contributed by atoms with van der Waals surface area (Å²) in [6, 6.07) is 11.3. The van der Waals surface area contributed by atoms with Crippen molar-refractivity contribution in [3.63, 3.8) is 0 Å². The molecule has 1 saturated carbocycles. The number of nitrogens with zero attached hydrogens (tertiary/aromatic N) is 1. The second kappa shape index (κ2) is 5.60. The van der Waals surface area contributed by atoms with Crippen molar-refractivity contribution >= 4 is 16.6 Å². The molecule has 2 nitrogen and oxygen atoms in total. The van der Waals surface area contributed by atoms with Crippen molar-refractivity contribution in [2.24, 2.45) is 5.92 Å². The van der Waals surface area contributed by atoms with E-state index in [1.807, 2.05) is 12.3 Å². The van der Waals surface area contributed by atoms with E-state index in [2.05, 4.69) is 41.5 Å². The number of nitrogens with one attached hydrogen (secondary N) is 1. The van der Waals surface area contributed by atoms with E-state index in [1.54, 1.807) is 0 Å². The van der Waals surface area contributed by atoms with Crippen LogP contribution in [-0.2, 0) is 0 Å². The van der Waals surface area contributed by atoms with E-state index in [0.29, 0.717) is 6.04 Å². The molecule has 3 rings (SSSR count). The van der Waals surface area contributed by atoms with Crippen LogP contribution in [0.25, 0.3) is 10.9 Å². The predicted octanol–water partition coefficient (Wildman–Crippen LogP) is 4.62. The van der Waals surface area contributed by atoms with Crippen LogP contribution in [0.3, 0.4) is 0 Å². The van der Waals surface area contributed by atoms with Crippen molar-refractivity contribution in [1.29, 1.82) is 0 Å². The zero-order valence-electron chi connectivity index (χ0n) is 11.6. The Labute approximate surface area is 115 Å². The van der Waals surface area contributed by atoms with E-state index in [4.69, 9.17) is 0 Å². The second-order valence-corrected chi connectivity index (χ2v) is 5.68. The van der Waals surface area contributed by atoms with Gasteiger partial charge in [0.15, 0.2) is 0 Å². The normalized spacial score (nSPS) is 23.4. The minimum absolute atomic E-state index is 0.650. The number of hydrogen-bond donors (Lipinski definition) is 1. The van der Waals surface area contributed by atoms with Crippen LogP contribution >= 0.6 is 0 Å². The first-order valence-corrected chi connectivity index (χ1v) is 7.46. The lowest BCUT2D eigenvalue weighted by atomic mass is 9.84. The molecule has 1 aromatic carbocycles. The molecule has 1 aliphatic carbocycles. The van der Waals surface area contributed by atoms with Gasteiger partial charge in [-0.3, -0.25) is 4.98 Å². The largest absolute Gasteiger partial charge is 0.382 e. The first kappa shape index (κ1) is 12.5. The summed E-state index contributed by atoms with van der Waals surface area (Å²) < 4.78 is 0. The molecule has 1 fully saturated rings. The molecular weight excluding hydrogens is 232 g/mol. The Bertz CT molecular complexity index is 542. The minimum Gasteiger partial charge on any atom is -0.382 e. The van der Waals surface area contributed by atoms with Gasteiger partial charge in [-0.1, -0.05) is 19.4 Å². The van der Waals surface area contributed by atoms with Gasteiger partial charge in [0.05, 0.1) is 5.52 Å². The van der Waals surface area contributed by atoms with Crippen molar-refractivity contribution in [1.82, 2.24) is 4.98 Å². The van der Waals surface area contributed by atoms with Gasteiger partial charge in [-0.05, 0) is 55.9 Å². The number of rotatable bonds is 3. The van der Waals surface area contributed by atoms with Crippen molar-refractivity contribution in [3.05, 3.63) is 36.5 Å². The zero-order valence-corrected chi connectivity index (χ0v) is 11.6. The highest BCUT2D eigenvalue weighted by Crippen LogP contribution is 2.29. The van der Waals surface area contributed by atoms with E-state index >= 15 is 0 Å². The third-order valence-corrected chi connectivity index (χ3v) is 4.40. The standard InChI is InChI=1S/C17H22N2/c1-2-13-5-7-15(8-6-13)19-16-9-10-17-14(12-16)4-3-11-18-17/h3-4,9-13,15,19H,2,5-8H2,1H3. The van der Waals surface area contributed by atoms with E-state index in [-0.39, 0.29) is 0 Å². The molecule has 0 bridgehead atoms. The van der Waals surface area contributed by atoms with Gasteiger partial charge in [-0.15, -0.1) is 0 Å². The van der Waals surface area contributed by atoms with Gasteiger partial charge in [0.2, 0.25) is 0 Å². The molecule has 0 spiro atoms. The van der Waals surface area contributed by atoms with Gasteiger partial charge in [0.1, 0.15) is 0 Å². The van der Waals surface area contributed by atoms with E-state index in [9.17, 15) is 0 Å². The maximum atomic E-state index is 4.36. The number of pyridine rings is 1. The molecule has 100 valence electrons. The molecule has 1 aliphatic rings. The SMILES string of the molecule is CCC1CCC(Nc2ccc3ncccc3c2)CC1. The van der Waals surface area contributed by atoms with Crippen LogP contribution in [0.4, 0.5) is 5.69 Å². The number of benzene rings is 1. The molecule has 0 radical (unpaired) electrons. The summed E-state index contributed by atoms with van der Waals surface area (Å²) in [5, 5.41) is 4.91. The van der Waals surface area contributed by atoms with Crippen molar-refractivity contribution in [3.8, 4) is 0 Å². The van der Waals surface area contributed by atoms with Crippen LogP contribution in [0.15, 0.2) is 36.5 Å². The smallest absolute Gasteiger partial charge is 0.0703 e. The number of aromatic nitrogens is 1. The quantitative estimate of drug-likeness (QED) is 0.864. The molecule has 2 aromatic rings. The number of fused-ring (bicyclic) bond motifs is 1. The summed E-state index contributed by atoms with van der Waals surface area (Å²) in [5.41, 5.74) is 2.31. The summed E-state index contributed by atoms with van der Waals surface area (Å²) in [4.78, 5) is 4.36. The van der Waals surface area contributed by atoms with Gasteiger partial charge < -0.3 is 5.32 Å². The van der Waals surface area contributed by atoms with Crippen LogP contribution in [0.1, 0.15) is 39.0 Å². The van der Waals surface area contributed by atoms with E-state index in [0.717, 1.165) is 11.4 Å². The minimum atomic E-state index is 0.650. The highest BCUT2D eigenvalue weighted by atomic mass is 14.9. The highest BCUT2D eigenvalue weighted by molar-refractivity contribution is 5.82. The molecule has 0 aliphatic heterocycles. The lowest BCUT2D eigenvalue weighted by Crippen LogP contribution is -2.25. The maximum Gasteiger partial charge on any atom is 0.0703 e. The van der Waals surface area contributed by atoms with Crippen LogP contribution in [0, 0.1) is 5.92 Å². The molecule has 1 aromatic heterocycles. The second-order valence-electron chi connectivity index (χ2n) is 5.68. The lowest BCUT2D eigenvalue weighted by molar-refractivity contribution is 0.330. The summed E-state index contributed by atoms with van der Waals surface area (Å²) in [5.74, 6) is 0.957. The summed E-state index contributed by atoms with van der Waals surface area (Å²) in [6.07, 6.45) is 8.57. The third kappa shape index (κ3) is 2.89. The lowest BCUT2D eigenvalue weighted by Gasteiger charge is -2.29. The maximum absolute atomic E-state index is 4.36. The van der Waals surface area contributed by atoms with Gasteiger partial charge in [0.25, 0.3) is 0 Å².